The first-order chi connectivity index (χ1) is 15.2. The van der Waals surface area contributed by atoms with Crippen LogP contribution in [0.4, 0.5) is 13.2 Å². The first kappa shape index (κ1) is 22.2. The first-order valence-electron chi connectivity index (χ1n) is 10.4. The number of rotatable bonds is 4. The Bertz CT molecular complexity index is 1200. The van der Waals surface area contributed by atoms with Gasteiger partial charge in [0, 0.05) is 18.7 Å². The summed E-state index contributed by atoms with van der Waals surface area (Å²) < 4.78 is 52.8. The Balaban J connectivity index is 1.97. The van der Waals surface area contributed by atoms with Gasteiger partial charge in [-0.15, -0.1) is 0 Å². The Labute approximate surface area is 183 Å². The van der Waals surface area contributed by atoms with Gasteiger partial charge in [0.05, 0.1) is 23.6 Å². The van der Waals surface area contributed by atoms with Crippen molar-refractivity contribution in [3.63, 3.8) is 0 Å². The monoisotopic (exact) mass is 447 g/mol. The van der Waals surface area contributed by atoms with E-state index >= 15 is 0 Å². The molecule has 0 radical (unpaired) electrons. The molecule has 5 nitrogen and oxygen atoms in total. The third-order valence-electron chi connectivity index (χ3n) is 5.90. The molecule has 1 atom stereocenters. The molecule has 1 saturated heterocycles. The number of hydrogen-bond donors (Lipinski definition) is 1. The standard InChI is InChI=1S/C24H24F3NO4/c1-14-6-5-11-28(12-14)13-17-18(29)10-9-16-21(30)20(15-7-3-4-8-19(15)31-2)23(24(25,26)27)32-22(16)17/h3-4,7-10,14,29H,5-6,11-13H2,1-2H3/t14-/m0/s1. The highest BCUT2D eigenvalue weighted by Crippen LogP contribution is 2.41. The second-order valence-electron chi connectivity index (χ2n) is 8.26. The van der Waals surface area contributed by atoms with Crippen molar-refractivity contribution in [3.05, 3.63) is 57.9 Å². The number of nitrogens with zero attached hydrogens (tertiary/aromatic N) is 1. The lowest BCUT2D eigenvalue weighted by atomic mass is 9.98. The molecule has 1 aromatic heterocycles. The second kappa shape index (κ2) is 8.50. The quantitative estimate of drug-likeness (QED) is 0.578. The van der Waals surface area contributed by atoms with Crippen LogP contribution >= 0.6 is 0 Å². The van der Waals surface area contributed by atoms with Crippen LogP contribution in [0.2, 0.25) is 0 Å². The average Bonchev–Trinajstić information content (AvgIpc) is 2.75. The zero-order valence-electron chi connectivity index (χ0n) is 17.8. The fourth-order valence-corrected chi connectivity index (χ4v) is 4.41. The number of phenols is 1. The predicted octanol–water partition coefficient (Wildman–Crippen LogP) is 5.42. The Morgan fingerprint density at radius 3 is 2.66 bits per heavy atom. The number of methoxy groups -OCH3 is 1. The van der Waals surface area contributed by atoms with Crippen LogP contribution < -0.4 is 10.2 Å². The van der Waals surface area contributed by atoms with E-state index in [0.717, 1.165) is 25.9 Å². The number of hydrogen-bond acceptors (Lipinski definition) is 5. The lowest BCUT2D eigenvalue weighted by molar-refractivity contribution is -0.152. The van der Waals surface area contributed by atoms with E-state index in [4.69, 9.17) is 9.15 Å². The normalized spacial score (nSPS) is 17.6. The van der Waals surface area contributed by atoms with Crippen molar-refractivity contribution in [2.24, 2.45) is 5.92 Å². The fraction of sp³-hybridized carbons (Fsp3) is 0.375. The minimum atomic E-state index is -4.92. The molecule has 1 fully saturated rings. The van der Waals surface area contributed by atoms with Gasteiger partial charge in [0.2, 0.25) is 11.2 Å². The number of alkyl halides is 3. The average molecular weight is 447 g/mol. The molecular formula is C24H24F3NO4. The van der Waals surface area contributed by atoms with Crippen molar-refractivity contribution in [2.75, 3.05) is 20.2 Å². The summed E-state index contributed by atoms with van der Waals surface area (Å²) in [6, 6.07) is 8.65. The topological polar surface area (TPSA) is 62.9 Å². The van der Waals surface area contributed by atoms with Gasteiger partial charge in [0.25, 0.3) is 0 Å². The molecule has 0 spiro atoms. The first-order valence-corrected chi connectivity index (χ1v) is 10.4. The highest BCUT2D eigenvalue weighted by molar-refractivity contribution is 5.87. The third kappa shape index (κ3) is 4.07. The van der Waals surface area contributed by atoms with E-state index in [-0.39, 0.29) is 40.1 Å². The molecule has 8 heteroatoms. The van der Waals surface area contributed by atoms with Gasteiger partial charge in [-0.25, -0.2) is 0 Å². The summed E-state index contributed by atoms with van der Waals surface area (Å²) in [5.41, 5.74) is -1.48. The molecule has 1 aliphatic rings. The van der Waals surface area contributed by atoms with E-state index in [1.165, 1.54) is 37.4 Å². The van der Waals surface area contributed by atoms with Crippen molar-refractivity contribution in [3.8, 4) is 22.6 Å². The second-order valence-corrected chi connectivity index (χ2v) is 8.26. The summed E-state index contributed by atoms with van der Waals surface area (Å²) in [6.07, 6.45) is -2.89. The van der Waals surface area contributed by atoms with Crippen LogP contribution in [0.1, 0.15) is 31.1 Å². The molecule has 170 valence electrons. The summed E-state index contributed by atoms with van der Waals surface area (Å²) in [4.78, 5) is 15.4. The Kier molecular flexibility index (Phi) is 5.90. The lowest BCUT2D eigenvalue weighted by Crippen LogP contribution is -2.33. The molecule has 2 aromatic carbocycles. The van der Waals surface area contributed by atoms with Crippen LogP contribution in [0.15, 0.2) is 45.6 Å². The minimum Gasteiger partial charge on any atom is -0.507 e. The number of benzene rings is 2. The van der Waals surface area contributed by atoms with Crippen LogP contribution in [0.3, 0.4) is 0 Å². The Morgan fingerprint density at radius 2 is 1.97 bits per heavy atom. The van der Waals surface area contributed by atoms with E-state index in [9.17, 15) is 23.1 Å². The van der Waals surface area contributed by atoms with Gasteiger partial charge in [0.1, 0.15) is 17.1 Å². The maximum absolute atomic E-state index is 14.1. The maximum Gasteiger partial charge on any atom is 0.450 e. The summed E-state index contributed by atoms with van der Waals surface area (Å²) in [5.74, 6) is -1.03. The highest BCUT2D eigenvalue weighted by atomic mass is 19.4. The van der Waals surface area contributed by atoms with Crippen molar-refractivity contribution < 1.29 is 27.4 Å². The summed E-state index contributed by atoms with van der Waals surface area (Å²) >= 11 is 0. The van der Waals surface area contributed by atoms with Crippen molar-refractivity contribution in [2.45, 2.75) is 32.5 Å². The molecule has 0 amide bonds. The maximum atomic E-state index is 14.1. The number of phenolic OH excluding ortho intramolecular Hbond substituents is 1. The van der Waals surface area contributed by atoms with Gasteiger partial charge in [-0.3, -0.25) is 9.69 Å². The molecule has 0 bridgehead atoms. The molecule has 4 rings (SSSR count). The molecule has 32 heavy (non-hydrogen) atoms. The van der Waals surface area contributed by atoms with Gasteiger partial charge >= 0.3 is 6.18 Å². The molecule has 2 heterocycles. The van der Waals surface area contributed by atoms with Gasteiger partial charge in [0.15, 0.2) is 0 Å². The number of halogens is 3. The Morgan fingerprint density at radius 1 is 1.22 bits per heavy atom. The summed E-state index contributed by atoms with van der Waals surface area (Å²) in [7, 11) is 1.32. The molecule has 1 N–H and O–H groups in total. The zero-order valence-corrected chi connectivity index (χ0v) is 17.8. The van der Waals surface area contributed by atoms with Crippen LogP contribution in [-0.4, -0.2) is 30.2 Å². The fourth-order valence-electron chi connectivity index (χ4n) is 4.41. The molecule has 1 aliphatic heterocycles. The van der Waals surface area contributed by atoms with Gasteiger partial charge in [-0.1, -0.05) is 25.1 Å². The Hall–Kier alpha value is -3.00. The molecule has 0 aliphatic carbocycles. The van der Waals surface area contributed by atoms with E-state index in [1.807, 2.05) is 0 Å². The van der Waals surface area contributed by atoms with Crippen LogP contribution in [-0.2, 0) is 12.7 Å². The summed E-state index contributed by atoms with van der Waals surface area (Å²) in [6.45, 7) is 3.82. The SMILES string of the molecule is COc1ccccc1-c1c(C(F)(F)F)oc2c(CN3CCC[C@H](C)C3)c(O)ccc2c1=O. The predicted molar refractivity (Wildman–Crippen MR) is 115 cm³/mol. The number of para-hydroxylation sites is 1. The zero-order chi connectivity index (χ0) is 23.0. The number of fused-ring (bicyclic) bond motifs is 1. The van der Waals surface area contributed by atoms with Crippen molar-refractivity contribution in [1.29, 1.82) is 0 Å². The smallest absolute Gasteiger partial charge is 0.450 e. The molecular weight excluding hydrogens is 423 g/mol. The van der Waals surface area contributed by atoms with E-state index in [1.54, 1.807) is 6.07 Å². The number of likely N-dealkylation sites (tertiary alicyclic amines) is 1. The number of ether oxygens (including phenoxy) is 1. The van der Waals surface area contributed by atoms with Gasteiger partial charge in [-0.2, -0.15) is 13.2 Å². The van der Waals surface area contributed by atoms with Crippen molar-refractivity contribution in [1.82, 2.24) is 4.90 Å². The van der Waals surface area contributed by atoms with E-state index in [2.05, 4.69) is 11.8 Å². The van der Waals surface area contributed by atoms with E-state index in [0.29, 0.717) is 5.92 Å². The third-order valence-corrected chi connectivity index (χ3v) is 5.90. The van der Waals surface area contributed by atoms with Crippen LogP contribution in [0, 0.1) is 5.92 Å². The van der Waals surface area contributed by atoms with Crippen LogP contribution in [0.25, 0.3) is 22.1 Å². The number of aromatic hydroxyl groups is 1. The van der Waals surface area contributed by atoms with E-state index < -0.39 is 22.9 Å². The largest absolute Gasteiger partial charge is 0.507 e. The highest BCUT2D eigenvalue weighted by Gasteiger charge is 2.40. The molecule has 0 unspecified atom stereocenters. The molecule has 0 saturated carbocycles. The van der Waals surface area contributed by atoms with Crippen LogP contribution in [0.5, 0.6) is 11.5 Å². The van der Waals surface area contributed by atoms with Crippen molar-refractivity contribution >= 4 is 11.0 Å². The molecule has 3 aromatic rings. The lowest BCUT2D eigenvalue weighted by Gasteiger charge is -2.31. The number of piperidine rings is 1. The van der Waals surface area contributed by atoms with Gasteiger partial charge in [-0.05, 0) is 43.5 Å². The summed E-state index contributed by atoms with van der Waals surface area (Å²) in [5, 5.41) is 10.5. The minimum absolute atomic E-state index is 0.00236. The van der Waals surface area contributed by atoms with Gasteiger partial charge < -0.3 is 14.3 Å².